The molecule has 0 saturated carbocycles. The molecule has 0 bridgehead atoms. The molecule has 1 fully saturated rings. The standard InChI is InChI=1S/C17H31N5O.HI/c1-13(2)16-11-15(23-21-16)12-20-17(18-4)19-8-10-22-9-6-5-7-14(22)3;/h11,13-14H,5-10,12H2,1-4H3,(H2,18,19,20);1H. The highest BCUT2D eigenvalue weighted by Gasteiger charge is 2.17. The van der Waals surface area contributed by atoms with Crippen LogP contribution < -0.4 is 10.6 Å². The van der Waals surface area contributed by atoms with Crippen molar-refractivity contribution in [1.82, 2.24) is 20.7 Å². The van der Waals surface area contributed by atoms with Crippen LogP contribution in [0.1, 0.15) is 57.4 Å². The Kier molecular flexibility index (Phi) is 9.65. The van der Waals surface area contributed by atoms with Gasteiger partial charge in [-0.15, -0.1) is 24.0 Å². The molecule has 2 N–H and O–H groups in total. The van der Waals surface area contributed by atoms with Crippen LogP contribution in [0.5, 0.6) is 0 Å². The van der Waals surface area contributed by atoms with E-state index in [-0.39, 0.29) is 24.0 Å². The molecule has 2 rings (SSSR count). The smallest absolute Gasteiger partial charge is 0.191 e. The van der Waals surface area contributed by atoms with E-state index in [1.807, 2.05) is 6.07 Å². The summed E-state index contributed by atoms with van der Waals surface area (Å²) in [5.41, 5.74) is 0.990. The van der Waals surface area contributed by atoms with Gasteiger partial charge in [0.15, 0.2) is 11.7 Å². The Bertz CT molecular complexity index is 503. The number of rotatable bonds is 6. The molecule has 0 radical (unpaired) electrons. The number of hydrogen-bond donors (Lipinski definition) is 2. The highest BCUT2D eigenvalue weighted by atomic mass is 127. The summed E-state index contributed by atoms with van der Waals surface area (Å²) in [7, 11) is 1.79. The highest BCUT2D eigenvalue weighted by molar-refractivity contribution is 14.0. The van der Waals surface area contributed by atoms with Crippen LogP contribution in [0.4, 0.5) is 0 Å². The van der Waals surface area contributed by atoms with E-state index in [1.165, 1.54) is 25.8 Å². The summed E-state index contributed by atoms with van der Waals surface area (Å²) >= 11 is 0. The van der Waals surface area contributed by atoms with Gasteiger partial charge in [-0.1, -0.05) is 25.4 Å². The van der Waals surface area contributed by atoms with E-state index in [4.69, 9.17) is 4.52 Å². The van der Waals surface area contributed by atoms with Crippen LogP contribution in [0.25, 0.3) is 0 Å². The average Bonchev–Trinajstić information content (AvgIpc) is 3.01. The number of piperidine rings is 1. The molecular weight excluding hydrogens is 417 g/mol. The number of aliphatic imine (C=N–C) groups is 1. The topological polar surface area (TPSA) is 65.7 Å². The first kappa shape index (κ1) is 21.2. The molecule has 0 spiro atoms. The zero-order valence-corrected chi connectivity index (χ0v) is 17.7. The van der Waals surface area contributed by atoms with Gasteiger partial charge in [-0.2, -0.15) is 0 Å². The quantitative estimate of drug-likeness (QED) is 0.397. The molecule has 7 heteroatoms. The van der Waals surface area contributed by atoms with E-state index >= 15 is 0 Å². The number of hydrogen-bond acceptors (Lipinski definition) is 4. The number of nitrogens with zero attached hydrogens (tertiary/aromatic N) is 3. The minimum atomic E-state index is 0. The summed E-state index contributed by atoms with van der Waals surface area (Å²) in [4.78, 5) is 6.81. The van der Waals surface area contributed by atoms with Crippen molar-refractivity contribution in [3.05, 3.63) is 17.5 Å². The Morgan fingerprint density at radius 1 is 1.42 bits per heavy atom. The maximum Gasteiger partial charge on any atom is 0.191 e. The fourth-order valence-electron chi connectivity index (χ4n) is 2.88. The summed E-state index contributed by atoms with van der Waals surface area (Å²) in [6.07, 6.45) is 4.00. The van der Waals surface area contributed by atoms with Gasteiger partial charge in [0.05, 0.1) is 12.2 Å². The van der Waals surface area contributed by atoms with Crippen LogP contribution in [0, 0.1) is 0 Å². The molecule has 1 aliphatic heterocycles. The monoisotopic (exact) mass is 449 g/mol. The molecule has 0 amide bonds. The first-order valence-electron chi connectivity index (χ1n) is 8.74. The maximum absolute atomic E-state index is 5.33. The number of nitrogens with one attached hydrogen (secondary N) is 2. The van der Waals surface area contributed by atoms with Crippen molar-refractivity contribution in [2.45, 2.75) is 58.5 Å². The predicted molar refractivity (Wildman–Crippen MR) is 109 cm³/mol. The molecule has 1 aliphatic rings. The lowest BCUT2D eigenvalue weighted by Gasteiger charge is -2.33. The summed E-state index contributed by atoms with van der Waals surface area (Å²) in [5.74, 6) is 2.02. The van der Waals surface area contributed by atoms with Crippen LogP contribution in [0.2, 0.25) is 0 Å². The van der Waals surface area contributed by atoms with Crippen molar-refractivity contribution in [3.63, 3.8) is 0 Å². The van der Waals surface area contributed by atoms with Crippen molar-refractivity contribution in [2.75, 3.05) is 26.7 Å². The van der Waals surface area contributed by atoms with E-state index in [0.29, 0.717) is 18.5 Å². The molecule has 138 valence electrons. The number of aromatic nitrogens is 1. The number of likely N-dealkylation sites (tertiary alicyclic amines) is 1. The lowest BCUT2D eigenvalue weighted by atomic mass is 10.0. The second kappa shape index (κ2) is 10.9. The minimum Gasteiger partial charge on any atom is -0.359 e. The third kappa shape index (κ3) is 6.58. The van der Waals surface area contributed by atoms with E-state index in [0.717, 1.165) is 30.5 Å². The summed E-state index contributed by atoms with van der Waals surface area (Å²) in [6.45, 7) is 10.3. The predicted octanol–water partition coefficient (Wildman–Crippen LogP) is 2.96. The third-order valence-electron chi connectivity index (χ3n) is 4.45. The lowest BCUT2D eigenvalue weighted by Crippen LogP contribution is -2.45. The fraction of sp³-hybridized carbons (Fsp3) is 0.765. The number of guanidine groups is 1. The van der Waals surface area contributed by atoms with Gasteiger partial charge < -0.3 is 15.2 Å². The second-order valence-electron chi connectivity index (χ2n) is 6.61. The fourth-order valence-corrected chi connectivity index (χ4v) is 2.88. The molecule has 24 heavy (non-hydrogen) atoms. The molecule has 1 unspecified atom stereocenters. The van der Waals surface area contributed by atoms with Crippen LogP contribution in [-0.2, 0) is 6.54 Å². The third-order valence-corrected chi connectivity index (χ3v) is 4.45. The van der Waals surface area contributed by atoms with Crippen LogP contribution in [0.15, 0.2) is 15.6 Å². The van der Waals surface area contributed by atoms with Gasteiger partial charge in [0.2, 0.25) is 0 Å². The largest absolute Gasteiger partial charge is 0.359 e. The van der Waals surface area contributed by atoms with E-state index < -0.39 is 0 Å². The molecular formula is C17H32IN5O. The molecule has 0 aromatic carbocycles. The van der Waals surface area contributed by atoms with Gasteiger partial charge in [0.1, 0.15) is 0 Å². The van der Waals surface area contributed by atoms with Crippen molar-refractivity contribution >= 4 is 29.9 Å². The molecule has 6 nitrogen and oxygen atoms in total. The Labute approximate surface area is 162 Å². The van der Waals surface area contributed by atoms with E-state index in [9.17, 15) is 0 Å². The summed E-state index contributed by atoms with van der Waals surface area (Å²) in [6, 6.07) is 2.70. The van der Waals surface area contributed by atoms with Gasteiger partial charge >= 0.3 is 0 Å². The molecule has 2 heterocycles. The first-order valence-corrected chi connectivity index (χ1v) is 8.74. The lowest BCUT2D eigenvalue weighted by molar-refractivity contribution is 0.163. The Morgan fingerprint density at radius 3 is 2.83 bits per heavy atom. The van der Waals surface area contributed by atoms with Gasteiger partial charge in [0, 0.05) is 32.2 Å². The summed E-state index contributed by atoms with van der Waals surface area (Å²) < 4.78 is 5.33. The maximum atomic E-state index is 5.33. The van der Waals surface area contributed by atoms with Gasteiger partial charge in [-0.05, 0) is 32.2 Å². The second-order valence-corrected chi connectivity index (χ2v) is 6.61. The zero-order valence-electron chi connectivity index (χ0n) is 15.3. The Balaban J connectivity index is 0.00000288. The van der Waals surface area contributed by atoms with Crippen molar-refractivity contribution < 1.29 is 4.52 Å². The van der Waals surface area contributed by atoms with E-state index in [1.54, 1.807) is 7.05 Å². The van der Waals surface area contributed by atoms with Crippen LogP contribution in [0.3, 0.4) is 0 Å². The number of halogens is 1. The molecule has 1 aromatic rings. The zero-order chi connectivity index (χ0) is 16.7. The van der Waals surface area contributed by atoms with E-state index in [2.05, 4.69) is 46.5 Å². The van der Waals surface area contributed by atoms with Crippen molar-refractivity contribution in [2.24, 2.45) is 4.99 Å². The van der Waals surface area contributed by atoms with Crippen molar-refractivity contribution in [1.29, 1.82) is 0 Å². The van der Waals surface area contributed by atoms with Crippen LogP contribution in [-0.4, -0.2) is 48.7 Å². The summed E-state index contributed by atoms with van der Waals surface area (Å²) in [5, 5.41) is 10.7. The van der Waals surface area contributed by atoms with Crippen molar-refractivity contribution in [3.8, 4) is 0 Å². The normalized spacial score (nSPS) is 19.2. The van der Waals surface area contributed by atoms with Gasteiger partial charge in [-0.25, -0.2) is 0 Å². The Morgan fingerprint density at radius 2 is 2.21 bits per heavy atom. The average molecular weight is 449 g/mol. The molecule has 1 aromatic heterocycles. The van der Waals surface area contributed by atoms with Gasteiger partial charge in [0.25, 0.3) is 0 Å². The Hall–Kier alpha value is -0.830. The molecule has 0 aliphatic carbocycles. The minimum absolute atomic E-state index is 0. The SMILES string of the molecule is CN=C(NCCN1CCCCC1C)NCc1cc(C(C)C)no1.I. The van der Waals surface area contributed by atoms with Crippen LogP contribution >= 0.6 is 24.0 Å². The molecule has 1 atom stereocenters. The van der Waals surface area contributed by atoms with Gasteiger partial charge in [-0.3, -0.25) is 9.89 Å². The highest BCUT2D eigenvalue weighted by Crippen LogP contribution is 2.15. The molecule has 1 saturated heterocycles. The first-order chi connectivity index (χ1) is 11.1.